The largest absolute Gasteiger partial charge is 0.396 e. The van der Waals surface area contributed by atoms with E-state index in [1.807, 2.05) is 0 Å². The molecule has 7 atom stereocenters. The highest BCUT2D eigenvalue weighted by Crippen LogP contribution is 2.65. The highest BCUT2D eigenvalue weighted by Gasteiger charge is 2.61. The fraction of sp³-hybridized carbons (Fsp3) is 0.913. The Morgan fingerprint density at radius 2 is 2.04 bits per heavy atom. The second-order valence-corrected chi connectivity index (χ2v) is 10.5. The number of carbonyl (C=O) groups is 1. The lowest BCUT2D eigenvalue weighted by Crippen LogP contribution is -2.56. The van der Waals surface area contributed by atoms with E-state index in [1.54, 1.807) is 0 Å². The summed E-state index contributed by atoms with van der Waals surface area (Å²) in [5.74, 6) is 2.80. The Morgan fingerprint density at radius 1 is 1.14 bits per heavy atom. The van der Waals surface area contributed by atoms with Crippen LogP contribution in [0.4, 0.5) is 0 Å². The van der Waals surface area contributed by atoms with Crippen molar-refractivity contribution in [1.82, 2.24) is 5.32 Å². The molecule has 0 aromatic heterocycles. The lowest BCUT2D eigenvalue weighted by molar-refractivity contribution is -0.143. The molecule has 0 aromatic rings. The van der Waals surface area contributed by atoms with Gasteiger partial charge in [-0.15, -0.1) is 0 Å². The lowest BCUT2D eigenvalue weighted by Gasteiger charge is -2.60. The summed E-state index contributed by atoms with van der Waals surface area (Å²) in [4.78, 5) is 18.4. The van der Waals surface area contributed by atoms with E-state index >= 15 is 0 Å². The van der Waals surface area contributed by atoms with Gasteiger partial charge in [0.15, 0.2) is 0 Å². The quantitative estimate of drug-likeness (QED) is 0.728. The number of aliphatic hydroxyl groups is 1. The van der Waals surface area contributed by atoms with Crippen LogP contribution in [0.25, 0.3) is 0 Å². The molecular formula is C23H36N2O3. The number of ketones is 1. The fourth-order valence-corrected chi connectivity index (χ4v) is 7.89. The molecule has 5 fully saturated rings. The molecule has 4 aliphatic carbocycles. The number of fused-ring (bicyclic) bond motifs is 5. The molecule has 0 aromatic carbocycles. The van der Waals surface area contributed by atoms with Crippen LogP contribution in [0.15, 0.2) is 5.16 Å². The van der Waals surface area contributed by atoms with Crippen LogP contribution in [-0.4, -0.2) is 42.4 Å². The van der Waals surface area contributed by atoms with E-state index in [-0.39, 0.29) is 16.9 Å². The van der Waals surface area contributed by atoms with Crippen molar-refractivity contribution in [2.75, 3.05) is 19.7 Å². The molecule has 5 rings (SSSR count). The van der Waals surface area contributed by atoms with Crippen molar-refractivity contribution in [1.29, 1.82) is 0 Å². The molecular weight excluding hydrogens is 352 g/mol. The van der Waals surface area contributed by atoms with Crippen LogP contribution in [-0.2, 0) is 9.63 Å². The normalized spacial score (nSPS) is 49.6. The third kappa shape index (κ3) is 2.79. The van der Waals surface area contributed by atoms with E-state index in [0.717, 1.165) is 64.5 Å². The van der Waals surface area contributed by atoms with Crippen molar-refractivity contribution in [3.8, 4) is 0 Å². The monoisotopic (exact) mass is 388 g/mol. The number of hydrogen-bond donors (Lipinski definition) is 2. The van der Waals surface area contributed by atoms with E-state index in [9.17, 15) is 9.90 Å². The maximum absolute atomic E-state index is 12.6. The third-order valence-electron chi connectivity index (χ3n) is 9.55. The van der Waals surface area contributed by atoms with Crippen LogP contribution in [0.2, 0.25) is 0 Å². The van der Waals surface area contributed by atoms with Crippen LogP contribution in [0.3, 0.4) is 0 Å². The molecule has 5 heteroatoms. The Kier molecular flexibility index (Phi) is 4.82. The Hall–Kier alpha value is -0.940. The summed E-state index contributed by atoms with van der Waals surface area (Å²) in [5, 5.41) is 18.5. The number of oxime groups is 1. The first-order valence-electron chi connectivity index (χ1n) is 11.6. The first-order chi connectivity index (χ1) is 13.6. The number of aliphatic hydroxyl groups excluding tert-OH is 1. The van der Waals surface area contributed by atoms with E-state index in [0.29, 0.717) is 36.1 Å². The van der Waals surface area contributed by atoms with E-state index in [4.69, 9.17) is 4.84 Å². The molecule has 0 spiro atoms. The number of hydrogen-bond acceptors (Lipinski definition) is 5. The van der Waals surface area contributed by atoms with Gasteiger partial charge in [-0.3, -0.25) is 4.79 Å². The van der Waals surface area contributed by atoms with Crippen molar-refractivity contribution in [2.45, 2.75) is 77.2 Å². The molecule has 1 aliphatic heterocycles. The van der Waals surface area contributed by atoms with Gasteiger partial charge in [0.1, 0.15) is 11.9 Å². The summed E-state index contributed by atoms with van der Waals surface area (Å²) in [6.45, 7) is 4.47. The SMILES string of the molecule is CC12CCC3C(CCC4CC(=NOC5CCNC5)CCC43CO)C1CCC2=O. The van der Waals surface area contributed by atoms with Crippen LogP contribution >= 0.6 is 0 Å². The van der Waals surface area contributed by atoms with Crippen LogP contribution in [0.5, 0.6) is 0 Å². The molecule has 7 unspecified atom stereocenters. The summed E-state index contributed by atoms with van der Waals surface area (Å²) in [7, 11) is 0. The fourth-order valence-electron chi connectivity index (χ4n) is 7.89. The first-order valence-corrected chi connectivity index (χ1v) is 11.6. The molecule has 28 heavy (non-hydrogen) atoms. The van der Waals surface area contributed by atoms with Gasteiger partial charge in [-0.1, -0.05) is 12.1 Å². The van der Waals surface area contributed by atoms with Crippen LogP contribution in [0.1, 0.15) is 71.1 Å². The Labute approximate surface area is 168 Å². The van der Waals surface area contributed by atoms with Gasteiger partial charge in [-0.25, -0.2) is 0 Å². The lowest BCUT2D eigenvalue weighted by atomic mass is 9.45. The van der Waals surface area contributed by atoms with Gasteiger partial charge in [0, 0.05) is 36.8 Å². The van der Waals surface area contributed by atoms with Crippen molar-refractivity contribution < 1.29 is 14.7 Å². The number of Topliss-reactive ketones (excluding diaryl/α,β-unsaturated/α-hetero) is 1. The molecule has 2 N–H and O–H groups in total. The van der Waals surface area contributed by atoms with E-state index < -0.39 is 0 Å². The van der Waals surface area contributed by atoms with Gasteiger partial charge in [-0.05, 0) is 81.6 Å². The highest BCUT2D eigenvalue weighted by atomic mass is 16.6. The molecule has 5 nitrogen and oxygen atoms in total. The predicted molar refractivity (Wildman–Crippen MR) is 108 cm³/mol. The second-order valence-electron chi connectivity index (χ2n) is 10.5. The van der Waals surface area contributed by atoms with Gasteiger partial charge >= 0.3 is 0 Å². The summed E-state index contributed by atoms with van der Waals surface area (Å²) in [6, 6.07) is 0. The zero-order chi connectivity index (χ0) is 19.4. The second kappa shape index (κ2) is 7.09. The maximum atomic E-state index is 12.6. The topological polar surface area (TPSA) is 70.9 Å². The molecule has 0 radical (unpaired) electrons. The van der Waals surface area contributed by atoms with Crippen molar-refractivity contribution in [3.05, 3.63) is 0 Å². The number of carbonyl (C=O) groups excluding carboxylic acids is 1. The molecule has 0 amide bonds. The first kappa shape index (κ1) is 19.0. The van der Waals surface area contributed by atoms with E-state index in [1.165, 1.54) is 18.6 Å². The van der Waals surface area contributed by atoms with Crippen molar-refractivity contribution in [3.63, 3.8) is 0 Å². The minimum atomic E-state index is -0.0743. The van der Waals surface area contributed by atoms with Gasteiger partial charge in [0.2, 0.25) is 0 Å². The number of nitrogens with zero attached hydrogens (tertiary/aromatic N) is 1. The van der Waals surface area contributed by atoms with E-state index in [2.05, 4.69) is 17.4 Å². The van der Waals surface area contributed by atoms with Gasteiger partial charge < -0.3 is 15.3 Å². The zero-order valence-electron chi connectivity index (χ0n) is 17.3. The summed E-state index contributed by atoms with van der Waals surface area (Å²) < 4.78 is 0. The molecule has 1 saturated heterocycles. The molecule has 0 bridgehead atoms. The summed E-state index contributed by atoms with van der Waals surface area (Å²) >= 11 is 0. The summed E-state index contributed by atoms with van der Waals surface area (Å²) in [5.41, 5.74) is 1.18. The van der Waals surface area contributed by atoms with Crippen molar-refractivity contribution >= 4 is 11.5 Å². The standard InChI is InChI=1S/C23H36N2O3/c1-22-9-7-20-18(19(22)4-5-21(22)27)3-2-15-12-16(6-10-23(15,20)14-26)25-28-17-8-11-24-13-17/h15,17-20,24,26H,2-14H2,1H3. The van der Waals surface area contributed by atoms with Crippen molar-refractivity contribution in [2.24, 2.45) is 39.7 Å². The van der Waals surface area contributed by atoms with Crippen LogP contribution in [0, 0.1) is 34.5 Å². The Morgan fingerprint density at radius 3 is 2.82 bits per heavy atom. The highest BCUT2D eigenvalue weighted by molar-refractivity contribution is 5.87. The average Bonchev–Trinajstić information content (AvgIpc) is 3.34. The number of rotatable bonds is 3. The minimum absolute atomic E-state index is 0.0455. The number of nitrogens with one attached hydrogen (secondary N) is 1. The molecule has 1 heterocycles. The Balaban J connectivity index is 1.33. The van der Waals surface area contributed by atoms with Crippen LogP contribution < -0.4 is 5.32 Å². The van der Waals surface area contributed by atoms with Gasteiger partial charge in [-0.2, -0.15) is 0 Å². The molecule has 4 saturated carbocycles. The van der Waals surface area contributed by atoms with Gasteiger partial charge in [0.05, 0.1) is 5.71 Å². The minimum Gasteiger partial charge on any atom is -0.396 e. The third-order valence-corrected chi connectivity index (χ3v) is 9.55. The maximum Gasteiger partial charge on any atom is 0.141 e. The summed E-state index contributed by atoms with van der Waals surface area (Å²) in [6.07, 6.45) is 10.7. The predicted octanol–water partition coefficient (Wildman–Crippen LogP) is 3.31. The van der Waals surface area contributed by atoms with Gasteiger partial charge in [0.25, 0.3) is 0 Å². The zero-order valence-corrected chi connectivity index (χ0v) is 17.3. The molecule has 5 aliphatic rings. The Bertz CT molecular complexity index is 658. The molecule has 156 valence electrons. The average molecular weight is 389 g/mol. The smallest absolute Gasteiger partial charge is 0.141 e.